The first-order valence-electron chi connectivity index (χ1n) is 16.9. The van der Waals surface area contributed by atoms with Gasteiger partial charge < -0.3 is 20.3 Å². The van der Waals surface area contributed by atoms with Crippen LogP contribution in [-0.2, 0) is 9.63 Å². The summed E-state index contributed by atoms with van der Waals surface area (Å²) < 4.78 is 34.7. The van der Waals surface area contributed by atoms with Crippen molar-refractivity contribution in [3.05, 3.63) is 71.5 Å². The molecule has 11 nitrogen and oxygen atoms in total. The smallest absolute Gasteiger partial charge is 0.247 e. The molecule has 3 aliphatic heterocycles. The molecule has 7 rings (SSSR count). The topological polar surface area (TPSA) is 98.3 Å². The Morgan fingerprint density at radius 1 is 0.980 bits per heavy atom. The number of hydrogen-bond donors (Lipinski definition) is 2. The number of amides is 1. The normalized spacial score (nSPS) is 20.8. The fourth-order valence-electron chi connectivity index (χ4n) is 7.21. The fraction of sp³-hybridized carbons (Fsp3) is 0.457. The van der Waals surface area contributed by atoms with Gasteiger partial charge in [0.25, 0.3) is 0 Å². The maximum Gasteiger partial charge on any atom is 0.247 e. The number of piperazine rings is 1. The maximum absolute atomic E-state index is 15.0. The summed E-state index contributed by atoms with van der Waals surface area (Å²) in [6.45, 7) is 10.2. The molecule has 4 fully saturated rings. The Kier molecular flexibility index (Phi) is 9.86. The molecule has 0 spiro atoms. The third-order valence-corrected chi connectivity index (χ3v) is 10.3. The number of anilines is 5. The third-order valence-electron chi connectivity index (χ3n) is 9.96. The summed E-state index contributed by atoms with van der Waals surface area (Å²) in [6.07, 6.45) is 7.84. The Balaban J connectivity index is 1.09. The summed E-state index contributed by atoms with van der Waals surface area (Å²) >= 11 is 5.87. The molecule has 1 aliphatic carbocycles. The van der Waals surface area contributed by atoms with Gasteiger partial charge in [-0.3, -0.25) is 19.4 Å². The molecule has 2 aromatic carbocycles. The molecule has 0 radical (unpaired) electrons. The zero-order valence-electron chi connectivity index (χ0n) is 27.5. The van der Waals surface area contributed by atoms with Crippen LogP contribution in [0.25, 0.3) is 0 Å². The first-order chi connectivity index (χ1) is 23.8. The van der Waals surface area contributed by atoms with Gasteiger partial charge in [-0.1, -0.05) is 24.2 Å². The Morgan fingerprint density at radius 3 is 2.37 bits per heavy atom. The van der Waals surface area contributed by atoms with E-state index in [-0.39, 0.29) is 11.5 Å². The van der Waals surface area contributed by atoms with Crippen LogP contribution in [0, 0.1) is 11.6 Å². The number of carbonyl (C=O) groups is 1. The lowest BCUT2D eigenvalue weighted by molar-refractivity contribution is -0.111. The number of piperidine rings is 1. The summed E-state index contributed by atoms with van der Waals surface area (Å²) in [6, 6.07) is 8.72. The molecular formula is C35H41ClF2N8O3. The number of carbonyl (C=O) groups excluding carboxylic acids is 1. The van der Waals surface area contributed by atoms with Crippen molar-refractivity contribution in [1.29, 1.82) is 0 Å². The van der Waals surface area contributed by atoms with Crippen molar-refractivity contribution < 1.29 is 23.1 Å². The average Bonchev–Trinajstić information content (AvgIpc) is 3.87. The van der Waals surface area contributed by atoms with E-state index in [9.17, 15) is 13.6 Å². The molecule has 3 aromatic rings. The second kappa shape index (κ2) is 14.4. The highest BCUT2D eigenvalue weighted by Crippen LogP contribution is 2.41. The average molecular weight is 695 g/mol. The van der Waals surface area contributed by atoms with Gasteiger partial charge in [0.1, 0.15) is 34.6 Å². The number of hydroxylamine groups is 1. The van der Waals surface area contributed by atoms with Gasteiger partial charge in [0, 0.05) is 75.5 Å². The van der Waals surface area contributed by atoms with Crippen LogP contribution in [0.3, 0.4) is 0 Å². The molecule has 1 aromatic heterocycles. The lowest BCUT2D eigenvalue weighted by Crippen LogP contribution is -2.53. The van der Waals surface area contributed by atoms with Crippen molar-refractivity contribution in [2.75, 3.05) is 73.6 Å². The molecule has 1 unspecified atom stereocenters. The van der Waals surface area contributed by atoms with E-state index in [2.05, 4.69) is 41.9 Å². The molecule has 1 amide bonds. The van der Waals surface area contributed by atoms with Crippen molar-refractivity contribution in [3.8, 4) is 5.75 Å². The van der Waals surface area contributed by atoms with E-state index in [0.29, 0.717) is 47.8 Å². The summed E-state index contributed by atoms with van der Waals surface area (Å²) in [7, 11) is 1.59. The van der Waals surface area contributed by atoms with Crippen molar-refractivity contribution in [2.24, 2.45) is 0 Å². The van der Waals surface area contributed by atoms with E-state index in [1.54, 1.807) is 13.2 Å². The zero-order chi connectivity index (χ0) is 34.1. The Hall–Kier alpha value is -4.04. The van der Waals surface area contributed by atoms with Crippen LogP contribution in [0.2, 0.25) is 5.02 Å². The molecule has 4 aliphatic rings. The quantitative estimate of drug-likeness (QED) is 0.197. The van der Waals surface area contributed by atoms with Crippen molar-refractivity contribution in [3.63, 3.8) is 0 Å². The highest BCUT2D eigenvalue weighted by atomic mass is 35.5. The number of nitrogens with one attached hydrogen (secondary N) is 2. The lowest BCUT2D eigenvalue weighted by atomic mass is 10.0. The molecule has 14 heteroatoms. The first kappa shape index (κ1) is 33.5. The lowest BCUT2D eigenvalue weighted by Gasteiger charge is -2.43. The van der Waals surface area contributed by atoms with Crippen molar-refractivity contribution >= 4 is 46.2 Å². The zero-order valence-corrected chi connectivity index (χ0v) is 28.3. The maximum atomic E-state index is 15.0. The van der Waals surface area contributed by atoms with Crippen LogP contribution in [0.1, 0.15) is 43.7 Å². The predicted octanol–water partition coefficient (Wildman–Crippen LogP) is 5.92. The summed E-state index contributed by atoms with van der Waals surface area (Å²) in [5, 5.41) is 7.19. The highest BCUT2D eigenvalue weighted by molar-refractivity contribution is 6.31. The second-order valence-electron chi connectivity index (χ2n) is 12.9. The number of ether oxygens (including phenoxy) is 1. The second-order valence-corrected chi connectivity index (χ2v) is 13.3. The minimum atomic E-state index is -0.829. The SMILES string of the molecule is C=CC(=O)Nc1cc(Nc2cc(N3OCCC3c3ccc(F)c(Cl)c3F)ncn2)c(OC)cc1N1CCC(N2CCN(C3CC3)CC2)CC1. The van der Waals surface area contributed by atoms with E-state index in [4.69, 9.17) is 21.2 Å². The van der Waals surface area contributed by atoms with Crippen LogP contribution < -0.4 is 25.3 Å². The summed E-state index contributed by atoms with van der Waals surface area (Å²) in [5.41, 5.74) is 2.25. The Morgan fingerprint density at radius 2 is 1.69 bits per heavy atom. The van der Waals surface area contributed by atoms with Gasteiger partial charge in [-0.15, -0.1) is 0 Å². The van der Waals surface area contributed by atoms with Gasteiger partial charge in [0.05, 0.1) is 36.8 Å². The number of halogens is 3. The van der Waals surface area contributed by atoms with Gasteiger partial charge in [-0.25, -0.2) is 23.8 Å². The van der Waals surface area contributed by atoms with E-state index in [1.807, 2.05) is 12.1 Å². The Labute approximate surface area is 289 Å². The Bertz CT molecular complexity index is 1700. The number of methoxy groups -OCH3 is 1. The van der Waals surface area contributed by atoms with E-state index < -0.39 is 22.7 Å². The van der Waals surface area contributed by atoms with E-state index in [0.717, 1.165) is 69.9 Å². The minimum absolute atomic E-state index is 0.206. The molecule has 4 heterocycles. The molecule has 2 N–H and O–H groups in total. The van der Waals surface area contributed by atoms with Gasteiger partial charge in [-0.05, 0) is 43.9 Å². The van der Waals surface area contributed by atoms with Gasteiger partial charge in [0.15, 0.2) is 5.82 Å². The summed E-state index contributed by atoms with van der Waals surface area (Å²) in [5.74, 6) is -0.644. The van der Waals surface area contributed by atoms with Crippen LogP contribution in [-0.4, -0.2) is 90.7 Å². The van der Waals surface area contributed by atoms with Crippen LogP contribution >= 0.6 is 11.6 Å². The van der Waals surface area contributed by atoms with Gasteiger partial charge in [-0.2, -0.15) is 0 Å². The number of rotatable bonds is 10. The van der Waals surface area contributed by atoms with Gasteiger partial charge >= 0.3 is 0 Å². The number of hydrogen-bond acceptors (Lipinski definition) is 10. The predicted molar refractivity (Wildman–Crippen MR) is 186 cm³/mol. The van der Waals surface area contributed by atoms with Crippen molar-refractivity contribution in [2.45, 2.75) is 50.2 Å². The van der Waals surface area contributed by atoms with Crippen LogP contribution in [0.4, 0.5) is 37.5 Å². The molecule has 0 bridgehead atoms. The standard InChI is InChI=1S/C35H41ClF2N8O3/c1-3-33(47)42-26-18-27(30(48-2)19-29(26)45-11-8-23(9-12-45)44-15-13-43(14-16-44)22-4-5-22)41-31-20-32(40-21-39-31)46-28(10-17-49-46)24-6-7-25(37)34(36)35(24)38/h3,6-7,18-23,28H,1,4-5,8-17H2,2H3,(H,42,47)(H,39,40,41). The third kappa shape index (κ3) is 7.16. The first-order valence-corrected chi connectivity index (χ1v) is 17.2. The van der Waals surface area contributed by atoms with Gasteiger partial charge in [0.2, 0.25) is 5.91 Å². The molecule has 49 heavy (non-hydrogen) atoms. The molecular weight excluding hydrogens is 654 g/mol. The summed E-state index contributed by atoms with van der Waals surface area (Å²) in [4.78, 5) is 34.7. The highest BCUT2D eigenvalue weighted by Gasteiger charge is 2.35. The van der Waals surface area contributed by atoms with E-state index in [1.165, 1.54) is 36.4 Å². The monoisotopic (exact) mass is 694 g/mol. The van der Waals surface area contributed by atoms with Crippen LogP contribution in [0.5, 0.6) is 5.75 Å². The van der Waals surface area contributed by atoms with E-state index >= 15 is 0 Å². The number of benzene rings is 2. The van der Waals surface area contributed by atoms with Crippen LogP contribution in [0.15, 0.2) is 49.3 Å². The van der Waals surface area contributed by atoms with Crippen molar-refractivity contribution in [1.82, 2.24) is 19.8 Å². The molecule has 1 atom stereocenters. The number of nitrogens with zero attached hydrogens (tertiary/aromatic N) is 6. The fourth-order valence-corrected chi connectivity index (χ4v) is 7.38. The number of aromatic nitrogens is 2. The minimum Gasteiger partial charge on any atom is -0.494 e. The largest absolute Gasteiger partial charge is 0.494 e. The molecule has 3 saturated heterocycles. The molecule has 1 saturated carbocycles. The molecule has 260 valence electrons.